The first-order valence-electron chi connectivity index (χ1n) is 5.44. The fourth-order valence-electron chi connectivity index (χ4n) is 2.55. The molecule has 1 aromatic heterocycles. The molecule has 2 heteroatoms. The molecular weight excluding hydrogens is 172 g/mol. The van der Waals surface area contributed by atoms with Crippen molar-refractivity contribution in [2.75, 3.05) is 6.54 Å². The lowest BCUT2D eigenvalue weighted by Crippen LogP contribution is -2.27. The van der Waals surface area contributed by atoms with Crippen LogP contribution in [-0.4, -0.2) is 17.2 Å². The van der Waals surface area contributed by atoms with Crippen molar-refractivity contribution in [1.29, 1.82) is 0 Å². The van der Waals surface area contributed by atoms with E-state index in [1.807, 2.05) is 12.3 Å². The van der Waals surface area contributed by atoms with Gasteiger partial charge in [0.25, 0.3) is 0 Å². The van der Waals surface area contributed by atoms with Crippen LogP contribution in [0.25, 0.3) is 0 Å². The zero-order chi connectivity index (χ0) is 9.38. The number of nitrogens with zero attached hydrogens (tertiary/aromatic N) is 2. The molecule has 0 saturated carbocycles. The number of aromatic nitrogens is 1. The molecule has 2 heterocycles. The summed E-state index contributed by atoms with van der Waals surface area (Å²) in [4.78, 5) is 9.12. The van der Waals surface area contributed by atoms with Crippen molar-refractivity contribution >= 4 is 5.71 Å². The number of aryl methyl sites for hydroxylation is 1. The maximum absolute atomic E-state index is 4.65. The van der Waals surface area contributed by atoms with E-state index in [1.54, 1.807) is 0 Å². The van der Waals surface area contributed by atoms with Gasteiger partial charge in [-0.3, -0.25) is 9.98 Å². The van der Waals surface area contributed by atoms with Gasteiger partial charge in [-0.25, -0.2) is 0 Å². The molecule has 0 radical (unpaired) electrons. The molecule has 14 heavy (non-hydrogen) atoms. The van der Waals surface area contributed by atoms with Gasteiger partial charge in [0.1, 0.15) is 0 Å². The lowest BCUT2D eigenvalue weighted by atomic mass is 9.81. The normalized spacial score (nSPS) is 24.9. The van der Waals surface area contributed by atoms with Crippen LogP contribution in [0.5, 0.6) is 0 Å². The molecule has 0 spiro atoms. The number of hydrogen-bond acceptors (Lipinski definition) is 2. The summed E-state index contributed by atoms with van der Waals surface area (Å²) in [5.41, 5.74) is 3.87. The number of hydrogen-bond donors (Lipinski definition) is 0. The van der Waals surface area contributed by atoms with E-state index in [4.69, 9.17) is 0 Å². The molecule has 0 N–H and O–H groups in total. The fourth-order valence-corrected chi connectivity index (χ4v) is 2.55. The molecule has 1 unspecified atom stereocenters. The summed E-state index contributed by atoms with van der Waals surface area (Å²) in [6.07, 6.45) is 6.92. The molecule has 0 amide bonds. The molecule has 72 valence electrons. The summed E-state index contributed by atoms with van der Waals surface area (Å²) in [7, 11) is 0. The van der Waals surface area contributed by atoms with Crippen LogP contribution in [0.2, 0.25) is 0 Å². The smallest absolute Gasteiger partial charge is 0.0874 e. The van der Waals surface area contributed by atoms with Crippen LogP contribution in [0.1, 0.15) is 30.5 Å². The van der Waals surface area contributed by atoms with Crippen molar-refractivity contribution in [3.05, 3.63) is 29.6 Å². The summed E-state index contributed by atoms with van der Waals surface area (Å²) in [6.45, 7) is 1.00. The van der Waals surface area contributed by atoms with Gasteiger partial charge in [-0.15, -0.1) is 0 Å². The maximum atomic E-state index is 4.65. The van der Waals surface area contributed by atoms with Gasteiger partial charge >= 0.3 is 0 Å². The monoisotopic (exact) mass is 186 g/mol. The Balaban J connectivity index is 2.11. The van der Waals surface area contributed by atoms with E-state index in [2.05, 4.69) is 16.0 Å². The summed E-state index contributed by atoms with van der Waals surface area (Å²) in [5, 5.41) is 0. The second-order valence-electron chi connectivity index (χ2n) is 4.16. The molecule has 0 fully saturated rings. The average molecular weight is 186 g/mol. The predicted octanol–water partition coefficient (Wildman–Crippen LogP) is 2.23. The Kier molecular flexibility index (Phi) is 1.86. The summed E-state index contributed by atoms with van der Waals surface area (Å²) in [6, 6.07) is 4.22. The van der Waals surface area contributed by atoms with Gasteiger partial charge in [-0.05, 0) is 37.3 Å². The molecule has 0 bridgehead atoms. The predicted molar refractivity (Wildman–Crippen MR) is 56.7 cm³/mol. The second kappa shape index (κ2) is 3.19. The third-order valence-corrected chi connectivity index (χ3v) is 3.28. The number of pyridine rings is 1. The third kappa shape index (κ3) is 1.17. The minimum Gasteiger partial charge on any atom is -0.287 e. The molecule has 1 aliphatic carbocycles. The molecule has 2 aliphatic rings. The first-order valence-corrected chi connectivity index (χ1v) is 5.44. The Morgan fingerprint density at radius 1 is 1.29 bits per heavy atom. The van der Waals surface area contributed by atoms with Gasteiger partial charge in [0, 0.05) is 18.7 Å². The van der Waals surface area contributed by atoms with Gasteiger partial charge < -0.3 is 0 Å². The van der Waals surface area contributed by atoms with Crippen LogP contribution in [0.3, 0.4) is 0 Å². The Morgan fingerprint density at radius 2 is 2.29 bits per heavy atom. The molecule has 1 atom stereocenters. The van der Waals surface area contributed by atoms with Crippen LogP contribution in [-0.2, 0) is 6.42 Å². The maximum Gasteiger partial charge on any atom is 0.0874 e. The van der Waals surface area contributed by atoms with Crippen LogP contribution in [0, 0.1) is 5.92 Å². The highest BCUT2D eigenvalue weighted by Gasteiger charge is 2.27. The van der Waals surface area contributed by atoms with Gasteiger partial charge in [0.2, 0.25) is 0 Å². The Labute approximate surface area is 84.1 Å². The van der Waals surface area contributed by atoms with E-state index < -0.39 is 0 Å². The highest BCUT2D eigenvalue weighted by Crippen LogP contribution is 2.30. The topological polar surface area (TPSA) is 25.2 Å². The lowest BCUT2D eigenvalue weighted by molar-refractivity contribution is 0.519. The van der Waals surface area contributed by atoms with Crippen molar-refractivity contribution in [3.63, 3.8) is 0 Å². The van der Waals surface area contributed by atoms with Crippen molar-refractivity contribution < 1.29 is 0 Å². The van der Waals surface area contributed by atoms with Crippen LogP contribution < -0.4 is 0 Å². The molecule has 1 aromatic rings. The van der Waals surface area contributed by atoms with Crippen LogP contribution in [0.4, 0.5) is 0 Å². The van der Waals surface area contributed by atoms with E-state index in [9.17, 15) is 0 Å². The van der Waals surface area contributed by atoms with Crippen LogP contribution in [0.15, 0.2) is 23.3 Å². The quantitative estimate of drug-likeness (QED) is 0.610. The third-order valence-electron chi connectivity index (χ3n) is 3.28. The fraction of sp³-hybridized carbons (Fsp3) is 0.500. The Hall–Kier alpha value is -1.18. The first kappa shape index (κ1) is 8.16. The highest BCUT2D eigenvalue weighted by atomic mass is 14.8. The van der Waals surface area contributed by atoms with Crippen molar-refractivity contribution in [1.82, 2.24) is 4.98 Å². The molecule has 3 rings (SSSR count). The lowest BCUT2D eigenvalue weighted by Gasteiger charge is -2.28. The van der Waals surface area contributed by atoms with E-state index in [-0.39, 0.29) is 0 Å². The minimum atomic E-state index is 0.700. The number of rotatable bonds is 0. The van der Waals surface area contributed by atoms with E-state index in [0.717, 1.165) is 6.54 Å². The van der Waals surface area contributed by atoms with E-state index in [1.165, 1.54) is 42.7 Å². The largest absolute Gasteiger partial charge is 0.287 e. The standard InChI is InChI=1S/C12H14N2/c1-3-9-5-6-10-4-2-8-14-12(10)11(9)13-7-1/h1,3,7,10H,2,4-6,8H2. The molecule has 0 saturated heterocycles. The zero-order valence-corrected chi connectivity index (χ0v) is 8.24. The van der Waals surface area contributed by atoms with E-state index >= 15 is 0 Å². The van der Waals surface area contributed by atoms with Gasteiger partial charge in [-0.2, -0.15) is 0 Å². The average Bonchev–Trinajstić information content (AvgIpc) is 2.29. The highest BCUT2D eigenvalue weighted by molar-refractivity contribution is 6.03. The summed E-state index contributed by atoms with van der Waals surface area (Å²) >= 11 is 0. The Bertz CT molecular complexity index is 382. The summed E-state index contributed by atoms with van der Waals surface area (Å²) < 4.78 is 0. The first-order chi connectivity index (χ1) is 6.95. The van der Waals surface area contributed by atoms with Crippen molar-refractivity contribution in [2.45, 2.75) is 25.7 Å². The minimum absolute atomic E-state index is 0.700. The molecule has 2 nitrogen and oxygen atoms in total. The Morgan fingerprint density at radius 3 is 3.29 bits per heavy atom. The zero-order valence-electron chi connectivity index (χ0n) is 8.24. The van der Waals surface area contributed by atoms with Crippen LogP contribution >= 0.6 is 0 Å². The van der Waals surface area contributed by atoms with Crippen molar-refractivity contribution in [3.8, 4) is 0 Å². The van der Waals surface area contributed by atoms with Gasteiger partial charge in [-0.1, -0.05) is 6.07 Å². The number of aliphatic imine (C=N–C) groups is 1. The second-order valence-corrected chi connectivity index (χ2v) is 4.16. The molecular formula is C12H14N2. The van der Waals surface area contributed by atoms with Crippen molar-refractivity contribution in [2.24, 2.45) is 10.9 Å². The van der Waals surface area contributed by atoms with Gasteiger partial charge in [0.15, 0.2) is 0 Å². The number of fused-ring (bicyclic) bond motifs is 3. The van der Waals surface area contributed by atoms with Gasteiger partial charge in [0.05, 0.1) is 11.4 Å². The van der Waals surface area contributed by atoms with E-state index in [0.29, 0.717) is 5.92 Å². The SMILES string of the molecule is c1cnc2c(c1)CCC1CCCN=C21. The molecule has 0 aromatic carbocycles. The molecule has 1 aliphatic heterocycles. The summed E-state index contributed by atoms with van der Waals surface area (Å²) in [5.74, 6) is 0.700.